The summed E-state index contributed by atoms with van der Waals surface area (Å²) in [4.78, 5) is 4.09. The smallest absolute Gasteiger partial charge is 0.373 e. The second kappa shape index (κ2) is 5.27. The fourth-order valence-corrected chi connectivity index (χ4v) is 2.01. The van der Waals surface area contributed by atoms with Crippen molar-refractivity contribution in [3.8, 4) is 0 Å². The largest absolute Gasteiger partial charge is 0.416 e. The minimum Gasteiger partial charge on any atom is -0.373 e. The summed E-state index contributed by atoms with van der Waals surface area (Å²) in [6, 6.07) is 2.07. The predicted octanol–water partition coefficient (Wildman–Crippen LogP) is 3.60. The molecule has 1 saturated carbocycles. The lowest BCUT2D eigenvalue weighted by Crippen LogP contribution is -2.15. The topological polar surface area (TPSA) is 37.0 Å². The van der Waals surface area contributed by atoms with Crippen LogP contribution in [0.1, 0.15) is 25.3 Å². The van der Waals surface area contributed by atoms with Crippen molar-refractivity contribution in [2.75, 3.05) is 24.2 Å². The fraction of sp³-hybridized carbons (Fsp3) is 0.615. The molecule has 0 radical (unpaired) electrons. The number of alkyl halides is 3. The van der Waals surface area contributed by atoms with Crippen LogP contribution in [-0.4, -0.2) is 18.6 Å². The number of hydrogen-bond acceptors (Lipinski definition) is 3. The molecule has 106 valence electrons. The molecule has 0 amide bonds. The highest BCUT2D eigenvalue weighted by Gasteiger charge is 2.32. The van der Waals surface area contributed by atoms with E-state index < -0.39 is 11.7 Å². The quantitative estimate of drug-likeness (QED) is 0.860. The van der Waals surface area contributed by atoms with Crippen molar-refractivity contribution in [1.82, 2.24) is 4.98 Å². The highest BCUT2D eigenvalue weighted by molar-refractivity contribution is 5.49. The van der Waals surface area contributed by atoms with Gasteiger partial charge in [-0.25, -0.2) is 4.98 Å². The van der Waals surface area contributed by atoms with Gasteiger partial charge in [-0.15, -0.1) is 0 Å². The summed E-state index contributed by atoms with van der Waals surface area (Å²) < 4.78 is 38.2. The number of pyridine rings is 1. The molecule has 19 heavy (non-hydrogen) atoms. The molecule has 0 spiro atoms. The number of hydrogen-bond donors (Lipinski definition) is 2. The third-order valence-corrected chi connectivity index (χ3v) is 3.44. The van der Waals surface area contributed by atoms with Crippen molar-refractivity contribution >= 4 is 11.6 Å². The molecule has 2 N–H and O–H groups in total. The van der Waals surface area contributed by atoms with Gasteiger partial charge in [0.2, 0.25) is 0 Å². The molecule has 1 unspecified atom stereocenters. The van der Waals surface area contributed by atoms with Gasteiger partial charge in [-0.05, 0) is 36.8 Å². The molecular weight excluding hydrogens is 255 g/mol. The predicted molar refractivity (Wildman–Crippen MR) is 69.2 cm³/mol. The van der Waals surface area contributed by atoms with E-state index >= 15 is 0 Å². The molecule has 0 aromatic carbocycles. The maximum atomic E-state index is 12.7. The molecule has 6 heteroatoms. The van der Waals surface area contributed by atoms with E-state index in [9.17, 15) is 13.2 Å². The van der Waals surface area contributed by atoms with Gasteiger partial charge in [0.1, 0.15) is 11.6 Å². The first-order valence-electron chi connectivity index (χ1n) is 6.41. The average molecular weight is 273 g/mol. The minimum absolute atomic E-state index is 0.219. The van der Waals surface area contributed by atoms with E-state index in [4.69, 9.17) is 0 Å². The van der Waals surface area contributed by atoms with E-state index in [1.54, 1.807) is 7.05 Å². The molecule has 1 atom stereocenters. The number of rotatable bonds is 5. The number of anilines is 2. The first-order chi connectivity index (χ1) is 8.90. The summed E-state index contributed by atoms with van der Waals surface area (Å²) in [5.74, 6) is 1.67. The van der Waals surface area contributed by atoms with Gasteiger partial charge in [0, 0.05) is 13.6 Å². The molecule has 0 bridgehead atoms. The maximum absolute atomic E-state index is 12.7. The van der Waals surface area contributed by atoms with E-state index in [1.165, 1.54) is 12.8 Å². The Morgan fingerprint density at radius 2 is 1.95 bits per heavy atom. The van der Waals surface area contributed by atoms with Crippen LogP contribution < -0.4 is 10.6 Å². The van der Waals surface area contributed by atoms with E-state index in [0.717, 1.165) is 12.1 Å². The van der Waals surface area contributed by atoms with Crippen LogP contribution in [0.5, 0.6) is 0 Å². The Bertz CT molecular complexity index is 441. The lowest BCUT2D eigenvalue weighted by molar-refractivity contribution is -0.137. The highest BCUT2D eigenvalue weighted by atomic mass is 19.4. The van der Waals surface area contributed by atoms with E-state index in [1.807, 2.05) is 0 Å². The molecule has 0 aliphatic heterocycles. The summed E-state index contributed by atoms with van der Waals surface area (Å²) in [6.07, 6.45) is -1.91. The number of nitrogens with one attached hydrogen (secondary N) is 2. The van der Waals surface area contributed by atoms with Crippen molar-refractivity contribution in [3.63, 3.8) is 0 Å². The van der Waals surface area contributed by atoms with Crippen molar-refractivity contribution in [3.05, 3.63) is 17.7 Å². The molecule has 1 aliphatic carbocycles. The standard InChI is InChI=1S/C13H18F3N3/c1-8(9-3-4-9)7-18-12-6-10(13(14,15)16)5-11(17-2)19-12/h5-6,8-9H,3-4,7H2,1-2H3,(H2,17,18,19). The van der Waals surface area contributed by atoms with Crippen LogP contribution in [0.4, 0.5) is 24.8 Å². The summed E-state index contributed by atoms with van der Waals surface area (Å²) in [7, 11) is 1.55. The Morgan fingerprint density at radius 1 is 1.32 bits per heavy atom. The Kier molecular flexibility index (Phi) is 3.87. The SMILES string of the molecule is CNc1cc(C(F)(F)F)cc(NCC(C)C2CC2)n1. The zero-order valence-electron chi connectivity index (χ0n) is 11.0. The van der Waals surface area contributed by atoms with Crippen LogP contribution in [0, 0.1) is 11.8 Å². The Labute approximate surface area is 110 Å². The molecule has 0 saturated heterocycles. The van der Waals surface area contributed by atoms with E-state index in [0.29, 0.717) is 18.4 Å². The average Bonchev–Trinajstić information content (AvgIpc) is 3.18. The number of halogens is 3. The summed E-state index contributed by atoms with van der Waals surface area (Å²) in [5, 5.41) is 5.65. The van der Waals surface area contributed by atoms with Crippen molar-refractivity contribution < 1.29 is 13.2 Å². The second-order valence-electron chi connectivity index (χ2n) is 5.07. The molecule has 1 aliphatic rings. The van der Waals surface area contributed by atoms with Crippen molar-refractivity contribution in [2.24, 2.45) is 11.8 Å². The van der Waals surface area contributed by atoms with Crippen LogP contribution in [0.2, 0.25) is 0 Å². The van der Waals surface area contributed by atoms with Crippen LogP contribution in [0.3, 0.4) is 0 Å². The number of nitrogens with zero attached hydrogens (tertiary/aromatic N) is 1. The van der Waals surface area contributed by atoms with Gasteiger partial charge in [-0.1, -0.05) is 6.92 Å². The lowest BCUT2D eigenvalue weighted by atomic mass is 10.1. The van der Waals surface area contributed by atoms with Gasteiger partial charge < -0.3 is 10.6 Å². The van der Waals surface area contributed by atoms with E-state index in [2.05, 4.69) is 22.5 Å². The van der Waals surface area contributed by atoms with Gasteiger partial charge in [0.05, 0.1) is 5.56 Å². The fourth-order valence-electron chi connectivity index (χ4n) is 2.01. The third kappa shape index (κ3) is 3.75. The van der Waals surface area contributed by atoms with Gasteiger partial charge in [0.25, 0.3) is 0 Å². The van der Waals surface area contributed by atoms with Gasteiger partial charge in [-0.3, -0.25) is 0 Å². The first-order valence-corrected chi connectivity index (χ1v) is 6.41. The zero-order valence-corrected chi connectivity index (χ0v) is 11.0. The Morgan fingerprint density at radius 3 is 2.47 bits per heavy atom. The monoisotopic (exact) mass is 273 g/mol. The second-order valence-corrected chi connectivity index (χ2v) is 5.07. The molecule has 3 nitrogen and oxygen atoms in total. The molecule has 1 heterocycles. The van der Waals surface area contributed by atoms with Gasteiger partial charge in [0.15, 0.2) is 0 Å². The van der Waals surface area contributed by atoms with Crippen molar-refractivity contribution in [1.29, 1.82) is 0 Å². The summed E-state index contributed by atoms with van der Waals surface area (Å²) >= 11 is 0. The Hall–Kier alpha value is -1.46. The zero-order chi connectivity index (χ0) is 14.0. The van der Waals surface area contributed by atoms with Crippen LogP contribution in [0.15, 0.2) is 12.1 Å². The summed E-state index contributed by atoms with van der Waals surface area (Å²) in [5.41, 5.74) is -0.687. The van der Waals surface area contributed by atoms with Gasteiger partial charge in [-0.2, -0.15) is 13.2 Å². The summed E-state index contributed by atoms with van der Waals surface area (Å²) in [6.45, 7) is 2.76. The molecule has 1 aromatic rings. The Balaban J connectivity index is 2.09. The van der Waals surface area contributed by atoms with Crippen LogP contribution >= 0.6 is 0 Å². The van der Waals surface area contributed by atoms with Crippen molar-refractivity contribution in [2.45, 2.75) is 25.9 Å². The first kappa shape index (κ1) is 14.0. The normalized spacial score (nSPS) is 17.1. The van der Waals surface area contributed by atoms with E-state index in [-0.39, 0.29) is 11.6 Å². The maximum Gasteiger partial charge on any atom is 0.416 e. The highest BCUT2D eigenvalue weighted by Crippen LogP contribution is 2.37. The third-order valence-electron chi connectivity index (χ3n) is 3.44. The molecule has 1 fully saturated rings. The minimum atomic E-state index is -4.35. The molecule has 1 aromatic heterocycles. The lowest BCUT2D eigenvalue weighted by Gasteiger charge is -2.15. The van der Waals surface area contributed by atoms with Gasteiger partial charge >= 0.3 is 6.18 Å². The molecule has 2 rings (SSSR count). The molecular formula is C13H18F3N3. The van der Waals surface area contributed by atoms with Crippen LogP contribution in [0.25, 0.3) is 0 Å². The number of aromatic nitrogens is 1. The van der Waals surface area contributed by atoms with Crippen LogP contribution in [-0.2, 0) is 6.18 Å².